The van der Waals surface area contributed by atoms with E-state index in [0.29, 0.717) is 17.0 Å². The van der Waals surface area contributed by atoms with Crippen molar-refractivity contribution in [3.8, 4) is 11.8 Å². The number of carbonyl (C=O) groups excluding carboxylic acids is 1. The van der Waals surface area contributed by atoms with Crippen LogP contribution in [0.15, 0.2) is 42.9 Å². The van der Waals surface area contributed by atoms with E-state index in [2.05, 4.69) is 20.4 Å². The summed E-state index contributed by atoms with van der Waals surface area (Å²) in [4.78, 5) is 20.2. The molecule has 3 aromatic rings. The van der Waals surface area contributed by atoms with Crippen LogP contribution in [0.3, 0.4) is 0 Å². The van der Waals surface area contributed by atoms with Crippen molar-refractivity contribution in [2.24, 2.45) is 7.05 Å². The van der Waals surface area contributed by atoms with Crippen molar-refractivity contribution in [3.05, 3.63) is 59.7 Å². The number of ether oxygens (including phenoxy) is 1. The third-order valence-corrected chi connectivity index (χ3v) is 3.54. The monoisotopic (exact) mass is 377 g/mol. The molecule has 1 aromatic carbocycles. The van der Waals surface area contributed by atoms with Gasteiger partial charge in [0.15, 0.2) is 5.69 Å². The number of benzene rings is 1. The van der Waals surface area contributed by atoms with Gasteiger partial charge in [-0.1, -0.05) is 0 Å². The number of rotatable bonds is 4. The summed E-state index contributed by atoms with van der Waals surface area (Å²) >= 11 is 0. The molecule has 0 aliphatic heterocycles. The number of aryl methyl sites for hydroxylation is 2. The second-order valence-corrected chi connectivity index (χ2v) is 5.63. The molecule has 0 atom stereocenters. The van der Waals surface area contributed by atoms with E-state index in [0.717, 1.165) is 10.9 Å². The summed E-state index contributed by atoms with van der Waals surface area (Å²) in [6, 6.07) is 6.48. The van der Waals surface area contributed by atoms with Gasteiger partial charge in [0.2, 0.25) is 0 Å². The number of carbonyl (C=O) groups is 1. The van der Waals surface area contributed by atoms with Gasteiger partial charge < -0.3 is 10.1 Å². The van der Waals surface area contributed by atoms with Crippen LogP contribution in [0.4, 0.5) is 18.9 Å². The molecule has 0 radical (unpaired) electrons. The molecule has 0 fully saturated rings. The molecule has 0 unspecified atom stereocenters. The summed E-state index contributed by atoms with van der Waals surface area (Å²) in [5.41, 5.74) is -0.851. The van der Waals surface area contributed by atoms with E-state index >= 15 is 0 Å². The van der Waals surface area contributed by atoms with Crippen molar-refractivity contribution in [2.45, 2.75) is 13.1 Å². The Morgan fingerprint density at radius 1 is 1.22 bits per heavy atom. The Morgan fingerprint density at radius 3 is 2.56 bits per heavy atom. The van der Waals surface area contributed by atoms with Crippen LogP contribution in [-0.2, 0) is 13.2 Å². The Bertz CT molecular complexity index is 970. The molecule has 1 N–H and O–H groups in total. The fourth-order valence-electron chi connectivity index (χ4n) is 2.34. The van der Waals surface area contributed by atoms with Gasteiger partial charge in [-0.3, -0.25) is 9.48 Å². The Labute approximate surface area is 151 Å². The standard InChI is InChI=1S/C17H14F3N5O2/c1-10-8-11(27-16-21-6-3-7-22-16)4-5-13(10)23-15(26)12-9-25(2)24-14(12)17(18,19)20/h3-9H,1-2H3,(H,23,26). The van der Waals surface area contributed by atoms with Gasteiger partial charge in [0.25, 0.3) is 5.91 Å². The molecule has 10 heteroatoms. The van der Waals surface area contributed by atoms with E-state index in [9.17, 15) is 18.0 Å². The number of aromatic nitrogens is 4. The minimum atomic E-state index is -4.73. The minimum Gasteiger partial charge on any atom is -0.424 e. The van der Waals surface area contributed by atoms with E-state index < -0.39 is 23.3 Å². The first-order chi connectivity index (χ1) is 12.7. The van der Waals surface area contributed by atoms with Crippen LogP contribution in [0.5, 0.6) is 11.8 Å². The summed E-state index contributed by atoms with van der Waals surface area (Å²) in [5, 5.41) is 5.79. The Morgan fingerprint density at radius 2 is 1.93 bits per heavy atom. The van der Waals surface area contributed by atoms with Gasteiger partial charge in [0.1, 0.15) is 5.75 Å². The molecule has 27 heavy (non-hydrogen) atoms. The Balaban J connectivity index is 1.79. The second kappa shape index (κ2) is 7.06. The predicted molar refractivity (Wildman–Crippen MR) is 89.4 cm³/mol. The van der Waals surface area contributed by atoms with Gasteiger partial charge >= 0.3 is 12.2 Å². The molecule has 0 bridgehead atoms. The molecule has 2 heterocycles. The van der Waals surface area contributed by atoms with Crippen LogP contribution in [0.25, 0.3) is 0 Å². The lowest BCUT2D eigenvalue weighted by Gasteiger charge is -2.11. The molecule has 2 aromatic heterocycles. The van der Waals surface area contributed by atoms with Gasteiger partial charge in [0, 0.05) is 31.3 Å². The Kier molecular flexibility index (Phi) is 4.80. The van der Waals surface area contributed by atoms with Gasteiger partial charge in [-0.2, -0.15) is 18.3 Å². The Hall–Kier alpha value is -3.43. The van der Waals surface area contributed by atoms with Crippen LogP contribution in [0.1, 0.15) is 21.6 Å². The molecular formula is C17H14F3N5O2. The molecule has 1 amide bonds. The molecule has 140 valence electrons. The van der Waals surface area contributed by atoms with Crippen molar-refractivity contribution < 1.29 is 22.7 Å². The number of amides is 1. The van der Waals surface area contributed by atoms with Crippen LogP contribution in [0.2, 0.25) is 0 Å². The molecular weight excluding hydrogens is 363 g/mol. The number of alkyl halides is 3. The lowest BCUT2D eigenvalue weighted by atomic mass is 10.1. The maximum atomic E-state index is 13.0. The lowest BCUT2D eigenvalue weighted by Crippen LogP contribution is -2.18. The summed E-state index contributed by atoms with van der Waals surface area (Å²) in [6.07, 6.45) is -0.653. The highest BCUT2D eigenvalue weighted by Gasteiger charge is 2.39. The molecule has 0 saturated heterocycles. The molecule has 3 rings (SSSR count). The molecule has 0 saturated carbocycles. The smallest absolute Gasteiger partial charge is 0.424 e. The van der Waals surface area contributed by atoms with Crippen LogP contribution >= 0.6 is 0 Å². The highest BCUT2D eigenvalue weighted by Crippen LogP contribution is 2.31. The fourth-order valence-corrected chi connectivity index (χ4v) is 2.34. The maximum Gasteiger partial charge on any atom is 0.435 e. The summed E-state index contributed by atoms with van der Waals surface area (Å²) < 4.78 is 45.5. The second-order valence-electron chi connectivity index (χ2n) is 5.63. The van der Waals surface area contributed by atoms with E-state index in [1.807, 2.05) is 0 Å². The van der Waals surface area contributed by atoms with Gasteiger partial charge in [-0.25, -0.2) is 9.97 Å². The summed E-state index contributed by atoms with van der Waals surface area (Å²) in [6.45, 7) is 1.68. The quantitative estimate of drug-likeness (QED) is 0.752. The zero-order valence-electron chi connectivity index (χ0n) is 14.3. The largest absolute Gasteiger partial charge is 0.435 e. The van der Waals surface area contributed by atoms with E-state index in [-0.39, 0.29) is 6.01 Å². The highest BCUT2D eigenvalue weighted by atomic mass is 19.4. The van der Waals surface area contributed by atoms with Crippen LogP contribution in [0, 0.1) is 6.92 Å². The minimum absolute atomic E-state index is 0.152. The molecule has 0 aliphatic rings. The number of nitrogens with one attached hydrogen (secondary N) is 1. The number of hydrogen-bond donors (Lipinski definition) is 1. The van der Waals surface area contributed by atoms with Crippen LogP contribution < -0.4 is 10.1 Å². The van der Waals surface area contributed by atoms with E-state index in [1.54, 1.807) is 25.1 Å². The van der Waals surface area contributed by atoms with Gasteiger partial charge in [-0.15, -0.1) is 0 Å². The summed E-state index contributed by atoms with van der Waals surface area (Å²) in [7, 11) is 1.31. The third kappa shape index (κ3) is 4.22. The number of halogens is 3. The van der Waals surface area contributed by atoms with Crippen molar-refractivity contribution >= 4 is 11.6 Å². The lowest BCUT2D eigenvalue weighted by molar-refractivity contribution is -0.141. The number of hydrogen-bond acceptors (Lipinski definition) is 5. The molecule has 0 spiro atoms. The summed E-state index contributed by atoms with van der Waals surface area (Å²) in [5.74, 6) is -0.479. The molecule has 0 aliphatic carbocycles. The maximum absolute atomic E-state index is 13.0. The fraction of sp³-hybridized carbons (Fsp3) is 0.176. The predicted octanol–water partition coefficient (Wildman–Crippen LogP) is 3.58. The topological polar surface area (TPSA) is 81.9 Å². The average Bonchev–Trinajstić information content (AvgIpc) is 3.01. The first-order valence-corrected chi connectivity index (χ1v) is 7.72. The first-order valence-electron chi connectivity index (χ1n) is 7.72. The van der Waals surface area contributed by atoms with Crippen molar-refractivity contribution in [3.63, 3.8) is 0 Å². The average molecular weight is 377 g/mol. The van der Waals surface area contributed by atoms with Gasteiger partial charge in [0.05, 0.1) is 5.56 Å². The van der Waals surface area contributed by atoms with Crippen molar-refractivity contribution in [1.29, 1.82) is 0 Å². The highest BCUT2D eigenvalue weighted by molar-refractivity contribution is 6.05. The SMILES string of the molecule is Cc1cc(Oc2ncccn2)ccc1NC(=O)c1cn(C)nc1C(F)(F)F. The number of anilines is 1. The zero-order valence-corrected chi connectivity index (χ0v) is 14.3. The third-order valence-electron chi connectivity index (χ3n) is 3.54. The van der Waals surface area contributed by atoms with Crippen molar-refractivity contribution in [1.82, 2.24) is 19.7 Å². The van der Waals surface area contributed by atoms with Crippen molar-refractivity contribution in [2.75, 3.05) is 5.32 Å². The first kappa shape index (κ1) is 18.4. The number of nitrogens with zero attached hydrogens (tertiary/aromatic N) is 4. The zero-order chi connectivity index (χ0) is 19.6. The molecule has 7 nitrogen and oxygen atoms in total. The van der Waals surface area contributed by atoms with E-state index in [1.165, 1.54) is 25.5 Å². The van der Waals surface area contributed by atoms with E-state index in [4.69, 9.17) is 4.74 Å². The van der Waals surface area contributed by atoms with Gasteiger partial charge in [-0.05, 0) is 36.8 Å². The van der Waals surface area contributed by atoms with Crippen LogP contribution in [-0.4, -0.2) is 25.7 Å². The normalized spacial score (nSPS) is 11.3.